The molecule has 0 saturated carbocycles. The van der Waals surface area contributed by atoms with Crippen LogP contribution in [0, 0.1) is 5.82 Å². The van der Waals surface area contributed by atoms with Crippen LogP contribution in [0.15, 0.2) is 52.2 Å². The van der Waals surface area contributed by atoms with Gasteiger partial charge >= 0.3 is 6.09 Å². The summed E-state index contributed by atoms with van der Waals surface area (Å²) in [6.07, 6.45) is 0.633. The van der Waals surface area contributed by atoms with Crippen molar-refractivity contribution >= 4 is 54.4 Å². The largest absolute Gasteiger partial charge is 0.444 e. The highest BCUT2D eigenvalue weighted by atomic mass is 32.2. The third-order valence-electron chi connectivity index (χ3n) is 9.67. The Morgan fingerprint density at radius 1 is 1.09 bits per heavy atom. The van der Waals surface area contributed by atoms with Crippen molar-refractivity contribution in [3.05, 3.63) is 64.2 Å². The van der Waals surface area contributed by atoms with E-state index in [-0.39, 0.29) is 34.5 Å². The maximum atomic E-state index is 15.5. The molecule has 0 spiro atoms. The predicted octanol–water partition coefficient (Wildman–Crippen LogP) is 6.37. The number of carbonyl (C=O) groups excluding carboxylic acids is 2. The van der Waals surface area contributed by atoms with E-state index in [2.05, 4.69) is 44.1 Å². The Morgan fingerprint density at radius 3 is 2.64 bits per heavy atom. The second-order valence-electron chi connectivity index (χ2n) is 13.6. The van der Waals surface area contributed by atoms with E-state index in [0.29, 0.717) is 73.8 Å². The second-order valence-corrected chi connectivity index (χ2v) is 19.4. The van der Waals surface area contributed by atoms with Crippen LogP contribution in [0.3, 0.4) is 0 Å². The number of nitrogens with zero attached hydrogens (tertiary/aromatic N) is 3. The molecule has 3 aromatic rings. The smallest absolute Gasteiger partial charge is 0.414 e. The quantitative estimate of drug-likeness (QED) is 0.255. The van der Waals surface area contributed by atoms with E-state index in [4.69, 9.17) is 9.16 Å². The third kappa shape index (κ3) is 6.29. The summed E-state index contributed by atoms with van der Waals surface area (Å²) in [6.45, 7) is 13.6. The molecule has 0 aliphatic carbocycles. The monoisotopic (exact) mass is 652 g/mol. The molecule has 3 aliphatic rings. The number of aromatic nitrogens is 1. The number of amides is 2. The van der Waals surface area contributed by atoms with Crippen molar-refractivity contribution in [2.24, 2.45) is 0 Å². The van der Waals surface area contributed by atoms with Crippen molar-refractivity contribution in [2.45, 2.75) is 75.3 Å². The number of cyclic esters (lactones) is 1. The van der Waals surface area contributed by atoms with E-state index >= 15 is 4.39 Å². The van der Waals surface area contributed by atoms with Crippen molar-refractivity contribution in [1.82, 2.24) is 9.47 Å². The summed E-state index contributed by atoms with van der Waals surface area (Å²) in [5.41, 5.74) is 2.50. The standard InChI is InChI=1S/C33H41FN4O5SSi/c1-33(2,3)45(4,5)42-16-15-36(26-19-38-29(40)13-9-21-8-11-24(34)30(26)31(21)38)14-6-7-23-18-37(32(41)43-23)22-10-12-27-25(17-22)35-28(39)20-44-27/h8-13,17,23,26H,6-7,14-16,18-20H2,1-5H3,(H,35,39)/t23-,26?/m1/s1. The minimum absolute atomic E-state index is 0.0582. The van der Waals surface area contributed by atoms with Crippen LogP contribution < -0.4 is 15.8 Å². The fourth-order valence-electron chi connectivity index (χ4n) is 6.16. The number of anilines is 2. The first kappa shape index (κ1) is 31.8. The maximum Gasteiger partial charge on any atom is 0.414 e. The normalized spacial score (nSPS) is 19.8. The van der Waals surface area contributed by atoms with E-state index in [1.54, 1.807) is 27.7 Å². The number of rotatable bonds is 10. The molecule has 0 radical (unpaired) electrons. The highest BCUT2D eigenvalue weighted by Crippen LogP contribution is 2.39. The van der Waals surface area contributed by atoms with Crippen LogP contribution in [0.25, 0.3) is 10.9 Å². The van der Waals surface area contributed by atoms with Crippen molar-refractivity contribution in [3.63, 3.8) is 0 Å². The Morgan fingerprint density at radius 2 is 1.87 bits per heavy atom. The first-order valence-corrected chi connectivity index (χ1v) is 19.5. The van der Waals surface area contributed by atoms with Gasteiger partial charge in [0, 0.05) is 41.9 Å². The number of fused-ring (bicyclic) bond motifs is 1. The molecule has 9 nitrogen and oxygen atoms in total. The molecule has 3 aliphatic heterocycles. The Balaban J connectivity index is 1.16. The minimum Gasteiger partial charge on any atom is -0.444 e. The number of carbonyl (C=O) groups is 2. The molecule has 1 aromatic heterocycles. The van der Waals surface area contributed by atoms with Gasteiger partial charge in [-0.2, -0.15) is 0 Å². The van der Waals surface area contributed by atoms with Gasteiger partial charge < -0.3 is 19.0 Å². The summed E-state index contributed by atoms with van der Waals surface area (Å²) in [6, 6.07) is 11.8. The minimum atomic E-state index is -2.00. The molecule has 2 aromatic carbocycles. The van der Waals surface area contributed by atoms with Crippen molar-refractivity contribution in [2.75, 3.05) is 42.2 Å². The summed E-state index contributed by atoms with van der Waals surface area (Å²) >= 11 is 1.48. The van der Waals surface area contributed by atoms with Crippen LogP contribution in [0.1, 0.15) is 45.2 Å². The zero-order chi connectivity index (χ0) is 32.1. The van der Waals surface area contributed by atoms with Gasteiger partial charge in [0.1, 0.15) is 11.9 Å². The van der Waals surface area contributed by atoms with Crippen LogP contribution in [-0.4, -0.2) is 67.9 Å². The number of halogens is 1. The van der Waals surface area contributed by atoms with Crippen LogP contribution in [0.5, 0.6) is 0 Å². The fourth-order valence-corrected chi connectivity index (χ4v) is 7.98. The summed E-state index contributed by atoms with van der Waals surface area (Å²) < 4.78 is 29.4. The van der Waals surface area contributed by atoms with Gasteiger partial charge in [-0.15, -0.1) is 11.8 Å². The molecule has 1 unspecified atom stereocenters. The van der Waals surface area contributed by atoms with E-state index in [0.717, 1.165) is 10.3 Å². The lowest BCUT2D eigenvalue weighted by molar-refractivity contribution is -0.113. The molecule has 6 rings (SSSR count). The van der Waals surface area contributed by atoms with Gasteiger partial charge in [-0.05, 0) is 79.3 Å². The number of pyridine rings is 1. The average Bonchev–Trinajstić information content (AvgIpc) is 3.56. The number of hydrogen-bond acceptors (Lipinski definition) is 7. The van der Waals surface area contributed by atoms with Gasteiger partial charge in [-0.3, -0.25) is 19.4 Å². The average molecular weight is 653 g/mol. The molecule has 1 fully saturated rings. The zero-order valence-corrected chi connectivity index (χ0v) is 28.3. The summed E-state index contributed by atoms with van der Waals surface area (Å²) in [4.78, 5) is 42.4. The van der Waals surface area contributed by atoms with Gasteiger partial charge in [0.25, 0.3) is 5.56 Å². The van der Waals surface area contributed by atoms with Crippen LogP contribution >= 0.6 is 11.8 Å². The highest BCUT2D eigenvalue weighted by molar-refractivity contribution is 8.00. The Bertz CT molecular complexity index is 1710. The van der Waals surface area contributed by atoms with E-state index in [1.807, 2.05) is 18.2 Å². The molecule has 12 heteroatoms. The van der Waals surface area contributed by atoms with Gasteiger partial charge in [-0.1, -0.05) is 20.8 Å². The molecular formula is C33H41FN4O5SSi. The molecular weight excluding hydrogens is 612 g/mol. The molecule has 2 amide bonds. The predicted molar refractivity (Wildman–Crippen MR) is 178 cm³/mol. The Kier molecular flexibility index (Phi) is 8.61. The van der Waals surface area contributed by atoms with Gasteiger partial charge in [-0.25, -0.2) is 9.18 Å². The molecule has 2 atom stereocenters. The SMILES string of the molecule is CC(C)(C)[Si](C)(C)OCCN(CCC[C@@H]1CN(c2ccc3c(c2)NC(=O)CS3)C(=O)O1)C1Cn2c(=O)ccc3ccc(F)c1c32. The molecule has 0 bridgehead atoms. The van der Waals surface area contributed by atoms with Gasteiger partial charge in [0.05, 0.1) is 29.5 Å². The van der Waals surface area contributed by atoms with E-state index in [1.165, 1.54) is 17.8 Å². The second kappa shape index (κ2) is 12.2. The first-order chi connectivity index (χ1) is 21.3. The third-order valence-corrected chi connectivity index (χ3v) is 15.3. The van der Waals surface area contributed by atoms with Crippen molar-refractivity contribution < 1.29 is 23.1 Å². The van der Waals surface area contributed by atoms with Crippen molar-refractivity contribution in [3.8, 4) is 0 Å². The number of ether oxygens (including phenoxy) is 1. The lowest BCUT2D eigenvalue weighted by Gasteiger charge is -2.37. The van der Waals surface area contributed by atoms with E-state index < -0.39 is 14.4 Å². The Hall–Kier alpha value is -3.19. The number of benzene rings is 2. The first-order valence-electron chi connectivity index (χ1n) is 15.6. The summed E-state index contributed by atoms with van der Waals surface area (Å²) in [7, 11) is -2.00. The van der Waals surface area contributed by atoms with Gasteiger partial charge in [0.2, 0.25) is 5.91 Å². The topological polar surface area (TPSA) is 93.1 Å². The molecule has 1 N–H and O–H groups in total. The summed E-state index contributed by atoms with van der Waals surface area (Å²) in [5, 5.41) is 3.79. The van der Waals surface area contributed by atoms with Crippen LogP contribution in [0.2, 0.25) is 18.1 Å². The van der Waals surface area contributed by atoms with Crippen LogP contribution in [-0.2, 0) is 20.5 Å². The van der Waals surface area contributed by atoms with Crippen molar-refractivity contribution in [1.29, 1.82) is 0 Å². The number of thioether (sulfide) groups is 1. The highest BCUT2D eigenvalue weighted by Gasteiger charge is 2.38. The fraction of sp³-hybridized carbons (Fsp3) is 0.485. The van der Waals surface area contributed by atoms with Gasteiger partial charge in [0.15, 0.2) is 8.32 Å². The number of nitrogens with one attached hydrogen (secondary N) is 1. The molecule has 4 heterocycles. The molecule has 45 heavy (non-hydrogen) atoms. The zero-order valence-electron chi connectivity index (χ0n) is 26.5. The Labute approximate surface area is 268 Å². The molecule has 1 saturated heterocycles. The lowest BCUT2D eigenvalue weighted by atomic mass is 10.0. The maximum absolute atomic E-state index is 15.5. The van der Waals surface area contributed by atoms with E-state index in [9.17, 15) is 14.4 Å². The number of hydrogen-bond donors (Lipinski definition) is 1. The molecule has 240 valence electrons. The lowest BCUT2D eigenvalue weighted by Crippen LogP contribution is -2.43. The van der Waals surface area contributed by atoms with Crippen LogP contribution in [0.4, 0.5) is 20.6 Å². The summed E-state index contributed by atoms with van der Waals surface area (Å²) in [5.74, 6) is 0.0160.